The summed E-state index contributed by atoms with van der Waals surface area (Å²) in [5, 5.41) is 13.0. The third kappa shape index (κ3) is 4.99. The van der Waals surface area contributed by atoms with Gasteiger partial charge < -0.3 is 10.4 Å². The first-order chi connectivity index (χ1) is 11.4. The van der Waals surface area contributed by atoms with E-state index in [2.05, 4.69) is 5.32 Å². The Labute approximate surface area is 140 Å². The highest BCUT2D eigenvalue weighted by Crippen LogP contribution is 2.20. The summed E-state index contributed by atoms with van der Waals surface area (Å²) in [6.45, 7) is 1.52. The molecule has 0 heterocycles. The number of halogens is 1. The predicted octanol–water partition coefficient (Wildman–Crippen LogP) is 2.81. The fourth-order valence-corrected chi connectivity index (χ4v) is 2.27. The molecule has 2 N–H and O–H groups in total. The summed E-state index contributed by atoms with van der Waals surface area (Å²) in [6, 6.07) is 14.2. The molecule has 0 aliphatic heterocycles. The number of benzene rings is 2. The molecule has 0 aromatic heterocycles. The van der Waals surface area contributed by atoms with E-state index >= 15 is 0 Å². The van der Waals surface area contributed by atoms with Crippen molar-refractivity contribution in [2.24, 2.45) is 0 Å². The second-order valence-electron chi connectivity index (χ2n) is 5.85. The number of ketones is 1. The van der Waals surface area contributed by atoms with Crippen molar-refractivity contribution in [3.05, 3.63) is 71.5 Å². The van der Waals surface area contributed by atoms with Crippen LogP contribution in [0.2, 0.25) is 0 Å². The Morgan fingerprint density at radius 3 is 2.29 bits per heavy atom. The van der Waals surface area contributed by atoms with Gasteiger partial charge in [0.05, 0.1) is 6.54 Å². The first-order valence-corrected chi connectivity index (χ1v) is 7.72. The molecule has 0 fully saturated rings. The monoisotopic (exact) mass is 329 g/mol. The number of hydrogen-bond acceptors (Lipinski definition) is 3. The predicted molar refractivity (Wildman–Crippen MR) is 89.0 cm³/mol. The van der Waals surface area contributed by atoms with Crippen LogP contribution in [-0.4, -0.2) is 23.3 Å². The third-order valence-electron chi connectivity index (χ3n) is 3.77. The van der Waals surface area contributed by atoms with Crippen molar-refractivity contribution in [1.29, 1.82) is 0 Å². The van der Waals surface area contributed by atoms with Crippen LogP contribution in [0.5, 0.6) is 0 Å². The van der Waals surface area contributed by atoms with Crippen molar-refractivity contribution >= 4 is 11.7 Å². The van der Waals surface area contributed by atoms with Crippen molar-refractivity contribution in [3.63, 3.8) is 0 Å². The van der Waals surface area contributed by atoms with E-state index in [0.717, 1.165) is 0 Å². The van der Waals surface area contributed by atoms with E-state index in [1.54, 1.807) is 24.3 Å². The molecule has 0 spiro atoms. The Bertz CT molecular complexity index is 696. The molecule has 24 heavy (non-hydrogen) atoms. The lowest BCUT2D eigenvalue weighted by Gasteiger charge is -2.24. The number of amides is 1. The summed E-state index contributed by atoms with van der Waals surface area (Å²) in [5.41, 5.74) is -0.236. The molecule has 1 amide bonds. The van der Waals surface area contributed by atoms with Crippen LogP contribution in [-0.2, 0) is 10.4 Å². The lowest BCUT2D eigenvalue weighted by atomic mass is 9.96. The van der Waals surface area contributed by atoms with E-state index in [9.17, 15) is 19.1 Å². The minimum absolute atomic E-state index is 0.0169. The van der Waals surface area contributed by atoms with Gasteiger partial charge in [-0.25, -0.2) is 4.39 Å². The summed E-state index contributed by atoms with van der Waals surface area (Å²) >= 11 is 0. The summed E-state index contributed by atoms with van der Waals surface area (Å²) in [4.78, 5) is 23.8. The first kappa shape index (κ1) is 17.8. The van der Waals surface area contributed by atoms with Gasteiger partial charge in [-0.05, 0) is 24.6 Å². The number of rotatable bonds is 7. The zero-order valence-electron chi connectivity index (χ0n) is 13.5. The lowest BCUT2D eigenvalue weighted by Crippen LogP contribution is -2.38. The molecule has 4 nitrogen and oxygen atoms in total. The minimum atomic E-state index is -1.31. The van der Waals surface area contributed by atoms with Crippen LogP contribution in [0.3, 0.4) is 0 Å². The SMILES string of the molecule is CC(O)(CNC(=O)CCC(=O)c1ccccc1)c1ccc(F)cc1. The molecule has 1 atom stereocenters. The van der Waals surface area contributed by atoms with Crippen LogP contribution in [0.15, 0.2) is 54.6 Å². The van der Waals surface area contributed by atoms with Gasteiger partial charge in [0, 0.05) is 18.4 Å². The van der Waals surface area contributed by atoms with Crippen molar-refractivity contribution in [2.75, 3.05) is 6.54 Å². The molecular weight excluding hydrogens is 309 g/mol. The second kappa shape index (κ2) is 7.84. The number of Topliss-reactive ketones (excluding diaryl/α,β-unsaturated/α-hetero) is 1. The fourth-order valence-electron chi connectivity index (χ4n) is 2.27. The average molecular weight is 329 g/mol. The smallest absolute Gasteiger partial charge is 0.220 e. The average Bonchev–Trinajstić information content (AvgIpc) is 2.59. The van der Waals surface area contributed by atoms with E-state index in [1.807, 2.05) is 6.07 Å². The third-order valence-corrected chi connectivity index (χ3v) is 3.77. The number of nitrogens with one attached hydrogen (secondary N) is 1. The number of carbonyl (C=O) groups is 2. The molecule has 0 aliphatic carbocycles. The highest BCUT2D eigenvalue weighted by atomic mass is 19.1. The molecule has 0 bridgehead atoms. The van der Waals surface area contributed by atoms with Crippen LogP contribution in [0, 0.1) is 5.82 Å². The molecule has 2 rings (SSSR count). The highest BCUT2D eigenvalue weighted by Gasteiger charge is 2.23. The number of hydrogen-bond donors (Lipinski definition) is 2. The zero-order valence-corrected chi connectivity index (χ0v) is 13.5. The van der Waals surface area contributed by atoms with E-state index in [-0.39, 0.29) is 31.1 Å². The molecule has 5 heteroatoms. The van der Waals surface area contributed by atoms with Crippen LogP contribution >= 0.6 is 0 Å². The van der Waals surface area contributed by atoms with Gasteiger partial charge in [-0.3, -0.25) is 9.59 Å². The second-order valence-corrected chi connectivity index (χ2v) is 5.85. The lowest BCUT2D eigenvalue weighted by molar-refractivity contribution is -0.122. The maximum atomic E-state index is 12.9. The normalized spacial score (nSPS) is 13.1. The molecule has 0 aliphatic rings. The Morgan fingerprint density at radius 1 is 1.04 bits per heavy atom. The van der Waals surface area contributed by atoms with E-state index in [0.29, 0.717) is 11.1 Å². The molecule has 0 saturated carbocycles. The van der Waals surface area contributed by atoms with Gasteiger partial charge in [0.25, 0.3) is 0 Å². The van der Waals surface area contributed by atoms with Crippen molar-refractivity contribution < 1.29 is 19.1 Å². The van der Waals surface area contributed by atoms with Gasteiger partial charge in [0.1, 0.15) is 11.4 Å². The van der Waals surface area contributed by atoms with E-state index in [4.69, 9.17) is 0 Å². The van der Waals surface area contributed by atoms with Crippen LogP contribution in [0.25, 0.3) is 0 Å². The number of aliphatic hydroxyl groups is 1. The highest BCUT2D eigenvalue weighted by molar-refractivity contribution is 5.97. The maximum absolute atomic E-state index is 12.9. The van der Waals surface area contributed by atoms with Crippen molar-refractivity contribution in [1.82, 2.24) is 5.32 Å². The van der Waals surface area contributed by atoms with Gasteiger partial charge in [0.2, 0.25) is 5.91 Å². The minimum Gasteiger partial charge on any atom is -0.384 e. The molecule has 2 aromatic carbocycles. The van der Waals surface area contributed by atoms with Crippen LogP contribution in [0.1, 0.15) is 35.7 Å². The standard InChI is InChI=1S/C19H20FNO3/c1-19(24,15-7-9-16(20)10-8-15)13-21-18(23)12-11-17(22)14-5-3-2-4-6-14/h2-10,24H,11-13H2,1H3,(H,21,23). The first-order valence-electron chi connectivity index (χ1n) is 7.72. The number of carbonyl (C=O) groups excluding carboxylic acids is 2. The summed E-state index contributed by atoms with van der Waals surface area (Å²) in [6.07, 6.45) is 0.155. The zero-order chi connectivity index (χ0) is 17.6. The van der Waals surface area contributed by atoms with E-state index in [1.165, 1.54) is 31.2 Å². The fraction of sp³-hybridized carbons (Fsp3) is 0.263. The molecule has 0 saturated heterocycles. The Morgan fingerprint density at radius 2 is 1.67 bits per heavy atom. The van der Waals surface area contributed by atoms with Gasteiger partial charge >= 0.3 is 0 Å². The summed E-state index contributed by atoms with van der Waals surface area (Å²) < 4.78 is 12.9. The molecular formula is C19H20FNO3. The Kier molecular flexibility index (Phi) is 5.82. The summed E-state index contributed by atoms with van der Waals surface area (Å²) in [7, 11) is 0. The Balaban J connectivity index is 1.82. The van der Waals surface area contributed by atoms with E-state index < -0.39 is 11.4 Å². The molecule has 2 aromatic rings. The van der Waals surface area contributed by atoms with Crippen LogP contribution in [0.4, 0.5) is 4.39 Å². The molecule has 126 valence electrons. The van der Waals surface area contributed by atoms with Gasteiger partial charge in [-0.15, -0.1) is 0 Å². The largest absolute Gasteiger partial charge is 0.384 e. The summed E-state index contributed by atoms with van der Waals surface area (Å²) in [5.74, 6) is -0.810. The molecule has 1 unspecified atom stereocenters. The van der Waals surface area contributed by atoms with Crippen molar-refractivity contribution in [2.45, 2.75) is 25.4 Å². The van der Waals surface area contributed by atoms with Gasteiger partial charge in [0.15, 0.2) is 5.78 Å². The van der Waals surface area contributed by atoms with Gasteiger partial charge in [-0.1, -0.05) is 42.5 Å². The quantitative estimate of drug-likeness (QED) is 0.768. The van der Waals surface area contributed by atoms with Crippen molar-refractivity contribution in [3.8, 4) is 0 Å². The van der Waals surface area contributed by atoms with Crippen LogP contribution < -0.4 is 5.32 Å². The molecule has 0 radical (unpaired) electrons. The maximum Gasteiger partial charge on any atom is 0.220 e. The topological polar surface area (TPSA) is 66.4 Å². The Hall–Kier alpha value is -2.53. The van der Waals surface area contributed by atoms with Gasteiger partial charge in [-0.2, -0.15) is 0 Å².